The Balaban J connectivity index is 1.61. The van der Waals surface area contributed by atoms with Crippen LogP contribution in [0, 0.1) is 12.7 Å². The van der Waals surface area contributed by atoms with Crippen LogP contribution in [0.25, 0.3) is 11.4 Å². The number of aryl methyl sites for hydroxylation is 1. The molecule has 2 aromatic carbocycles. The molecule has 0 radical (unpaired) electrons. The molecule has 8 heteroatoms. The predicted octanol–water partition coefficient (Wildman–Crippen LogP) is 3.14. The zero-order valence-corrected chi connectivity index (χ0v) is 16.4. The Morgan fingerprint density at radius 3 is 2.63 bits per heavy atom. The zero-order chi connectivity index (χ0) is 21.4. The number of nitrogens with two attached hydrogens (primary N) is 1. The van der Waals surface area contributed by atoms with Crippen molar-refractivity contribution in [3.05, 3.63) is 77.4 Å². The molecule has 4 rings (SSSR count). The minimum atomic E-state index is -0.662. The molecule has 152 valence electrons. The van der Waals surface area contributed by atoms with E-state index in [4.69, 9.17) is 10.6 Å². The molecule has 1 aromatic heterocycles. The number of halogens is 1. The van der Waals surface area contributed by atoms with Gasteiger partial charge in [0.05, 0.1) is 23.3 Å². The highest BCUT2D eigenvalue weighted by Crippen LogP contribution is 2.41. The van der Waals surface area contributed by atoms with Gasteiger partial charge in [-0.2, -0.15) is 0 Å². The quantitative estimate of drug-likeness (QED) is 0.715. The van der Waals surface area contributed by atoms with Crippen molar-refractivity contribution in [3.63, 3.8) is 0 Å². The third-order valence-electron chi connectivity index (χ3n) is 5.13. The molecule has 0 aliphatic carbocycles. The van der Waals surface area contributed by atoms with Crippen LogP contribution in [0.15, 0.2) is 54.7 Å². The lowest BCUT2D eigenvalue weighted by Gasteiger charge is -2.24. The van der Waals surface area contributed by atoms with Crippen molar-refractivity contribution in [2.24, 2.45) is 5.73 Å². The second kappa shape index (κ2) is 7.55. The summed E-state index contributed by atoms with van der Waals surface area (Å²) in [4.78, 5) is 38.9. The third-order valence-corrected chi connectivity index (χ3v) is 5.13. The molecule has 3 aromatic rings. The molecule has 0 saturated heterocycles. The molecule has 1 amide bonds. The zero-order valence-electron chi connectivity index (χ0n) is 16.4. The summed E-state index contributed by atoms with van der Waals surface area (Å²) < 4.78 is 13.5. The van der Waals surface area contributed by atoms with Gasteiger partial charge in [-0.15, -0.1) is 0 Å². The topological polar surface area (TPSA) is 98.4 Å². The van der Waals surface area contributed by atoms with Crippen LogP contribution < -0.4 is 10.8 Å². The average molecular weight is 406 g/mol. The summed E-state index contributed by atoms with van der Waals surface area (Å²) in [5.74, 6) is -1.85. The van der Waals surface area contributed by atoms with Gasteiger partial charge in [0.25, 0.3) is 0 Å². The monoisotopic (exact) mass is 406 g/mol. The van der Waals surface area contributed by atoms with Gasteiger partial charge in [-0.05, 0) is 37.6 Å². The number of nitrogens with zero attached hydrogens (tertiary/aromatic N) is 3. The summed E-state index contributed by atoms with van der Waals surface area (Å²) in [6, 6.07) is 12.6. The third kappa shape index (κ3) is 3.36. The number of fused-ring (bicyclic) bond motifs is 1. The molecule has 2 unspecified atom stereocenters. The lowest BCUT2D eigenvalue weighted by atomic mass is 9.96. The van der Waals surface area contributed by atoms with Gasteiger partial charge < -0.3 is 10.6 Å². The minimum Gasteiger partial charge on any atom is -0.369 e. The van der Waals surface area contributed by atoms with Crippen molar-refractivity contribution < 1.29 is 18.8 Å². The molecule has 1 aliphatic heterocycles. The Bertz CT molecular complexity index is 1150. The number of carbonyl (C=O) groups is 2. The van der Waals surface area contributed by atoms with E-state index in [0.29, 0.717) is 28.3 Å². The van der Waals surface area contributed by atoms with Crippen LogP contribution in [-0.2, 0) is 9.63 Å². The summed E-state index contributed by atoms with van der Waals surface area (Å²) in [5.41, 5.74) is 7.94. The second-order valence-electron chi connectivity index (χ2n) is 7.09. The van der Waals surface area contributed by atoms with Crippen LogP contribution in [0.2, 0.25) is 0 Å². The maximum Gasteiger partial charge on any atom is 0.366 e. The van der Waals surface area contributed by atoms with Crippen LogP contribution in [0.1, 0.15) is 34.5 Å². The van der Waals surface area contributed by atoms with E-state index in [1.54, 1.807) is 50.2 Å². The maximum absolute atomic E-state index is 13.5. The number of primary amides is 1. The molecule has 2 atom stereocenters. The van der Waals surface area contributed by atoms with E-state index in [-0.39, 0.29) is 5.56 Å². The number of hydrogen-bond acceptors (Lipinski definition) is 6. The largest absolute Gasteiger partial charge is 0.369 e. The van der Waals surface area contributed by atoms with Gasteiger partial charge >= 0.3 is 5.97 Å². The first-order valence-electron chi connectivity index (χ1n) is 9.36. The molecule has 1 aliphatic rings. The molecule has 0 saturated carbocycles. The van der Waals surface area contributed by atoms with Gasteiger partial charge in [0.2, 0.25) is 5.91 Å². The van der Waals surface area contributed by atoms with Gasteiger partial charge in [-0.1, -0.05) is 30.3 Å². The molecular formula is C22H19FN4O3. The van der Waals surface area contributed by atoms with Gasteiger partial charge in [0.1, 0.15) is 11.4 Å². The van der Waals surface area contributed by atoms with E-state index in [0.717, 1.165) is 0 Å². The highest BCUT2D eigenvalue weighted by Gasteiger charge is 2.41. The first-order valence-corrected chi connectivity index (χ1v) is 9.36. The van der Waals surface area contributed by atoms with Crippen molar-refractivity contribution in [2.75, 3.05) is 5.06 Å². The number of para-hydroxylation sites is 1. The fourth-order valence-corrected chi connectivity index (χ4v) is 3.66. The Morgan fingerprint density at radius 2 is 1.93 bits per heavy atom. The van der Waals surface area contributed by atoms with Gasteiger partial charge in [-0.25, -0.2) is 24.2 Å². The highest BCUT2D eigenvalue weighted by atomic mass is 19.1. The summed E-state index contributed by atoms with van der Waals surface area (Å²) in [5, 5.41) is 1.40. The number of amides is 1. The molecule has 30 heavy (non-hydrogen) atoms. The van der Waals surface area contributed by atoms with Crippen molar-refractivity contribution in [1.82, 2.24) is 9.97 Å². The number of hydrogen-bond donors (Lipinski definition) is 1. The number of benzene rings is 2. The number of rotatable bonds is 4. The number of anilines is 1. The standard InChI is InChI=1S/C22H19FN4O3/c1-12-17(11-25-21(26-12)14-6-5-7-15(23)10-14)22(29)30-27-13(2)19(20(24)28)16-8-3-4-9-18(16)27/h3-11,13,19H,1-2H3,(H2,24,28). The molecule has 0 fully saturated rings. The Kier molecular flexibility index (Phi) is 4.91. The number of aromatic nitrogens is 2. The highest BCUT2D eigenvalue weighted by molar-refractivity contribution is 5.92. The van der Waals surface area contributed by atoms with Crippen LogP contribution in [0.5, 0.6) is 0 Å². The Hall–Kier alpha value is -3.81. The summed E-state index contributed by atoms with van der Waals surface area (Å²) >= 11 is 0. The van der Waals surface area contributed by atoms with Crippen molar-refractivity contribution in [1.29, 1.82) is 0 Å². The predicted molar refractivity (Wildman–Crippen MR) is 108 cm³/mol. The molecule has 0 spiro atoms. The minimum absolute atomic E-state index is 0.169. The average Bonchev–Trinajstić information content (AvgIpc) is 2.99. The molecule has 2 N–H and O–H groups in total. The van der Waals surface area contributed by atoms with Crippen molar-refractivity contribution >= 4 is 17.6 Å². The first kappa shape index (κ1) is 19.5. The maximum atomic E-state index is 13.5. The molecule has 0 bridgehead atoms. The molecule has 7 nitrogen and oxygen atoms in total. The van der Waals surface area contributed by atoms with E-state index >= 15 is 0 Å². The van der Waals surface area contributed by atoms with Crippen molar-refractivity contribution in [2.45, 2.75) is 25.8 Å². The summed E-state index contributed by atoms with van der Waals surface area (Å²) in [7, 11) is 0. The lowest BCUT2D eigenvalue weighted by molar-refractivity contribution is -0.119. The van der Waals surface area contributed by atoms with E-state index in [9.17, 15) is 14.0 Å². The van der Waals surface area contributed by atoms with E-state index in [1.807, 2.05) is 0 Å². The Morgan fingerprint density at radius 1 is 1.17 bits per heavy atom. The number of hydroxylamine groups is 1. The van der Waals surface area contributed by atoms with Crippen LogP contribution in [0.3, 0.4) is 0 Å². The van der Waals surface area contributed by atoms with Crippen LogP contribution in [-0.4, -0.2) is 27.9 Å². The second-order valence-corrected chi connectivity index (χ2v) is 7.09. The van der Waals surface area contributed by atoms with E-state index in [2.05, 4.69) is 9.97 Å². The van der Waals surface area contributed by atoms with E-state index in [1.165, 1.54) is 23.4 Å². The van der Waals surface area contributed by atoms with E-state index < -0.39 is 29.7 Å². The SMILES string of the molecule is Cc1nc(-c2cccc(F)c2)ncc1C(=O)ON1c2ccccc2C(C(N)=O)C1C. The normalized spacial score (nSPS) is 17.5. The van der Waals surface area contributed by atoms with Gasteiger partial charge in [0.15, 0.2) is 5.82 Å². The molecular weight excluding hydrogens is 387 g/mol. The lowest BCUT2D eigenvalue weighted by Crippen LogP contribution is -2.38. The Labute approximate surface area is 172 Å². The van der Waals surface area contributed by atoms with Crippen LogP contribution >= 0.6 is 0 Å². The van der Waals surface area contributed by atoms with Gasteiger partial charge in [-0.3, -0.25) is 4.79 Å². The fraction of sp³-hybridized carbons (Fsp3) is 0.182. The fourth-order valence-electron chi connectivity index (χ4n) is 3.66. The van der Waals surface area contributed by atoms with Crippen molar-refractivity contribution in [3.8, 4) is 11.4 Å². The first-order chi connectivity index (χ1) is 14.4. The smallest absolute Gasteiger partial charge is 0.366 e. The summed E-state index contributed by atoms with van der Waals surface area (Å²) in [6.45, 7) is 3.41. The number of carbonyl (C=O) groups excluding carboxylic acids is 2. The van der Waals surface area contributed by atoms with Crippen LogP contribution in [0.4, 0.5) is 10.1 Å². The molecule has 2 heterocycles. The summed E-state index contributed by atoms with van der Waals surface area (Å²) in [6.07, 6.45) is 1.35. The van der Waals surface area contributed by atoms with Gasteiger partial charge in [0, 0.05) is 11.8 Å².